The second kappa shape index (κ2) is 5.42. The summed E-state index contributed by atoms with van der Waals surface area (Å²) in [4.78, 5) is 9.97. The molecular weight excluding hydrogens is 299 g/mol. The number of non-ortho nitro benzene ring substituents is 1. The summed E-state index contributed by atoms with van der Waals surface area (Å²) >= 11 is 0. The Bertz CT molecular complexity index is 715. The standard InChI is InChI=1S/C15H12F3NO3/c1-10-5-2-3-8-13(10)14(20,15(16,17)18)11-6-4-7-12(9-11)19(21)22/h2-9,20H,1H3. The molecule has 4 nitrogen and oxygen atoms in total. The molecule has 0 aliphatic carbocycles. The number of rotatable bonds is 3. The maximum Gasteiger partial charge on any atom is 0.425 e. The normalized spacial score (nSPS) is 14.4. The van der Waals surface area contributed by atoms with Gasteiger partial charge in [0.25, 0.3) is 5.69 Å². The van der Waals surface area contributed by atoms with Crippen molar-refractivity contribution in [3.8, 4) is 0 Å². The Morgan fingerprint density at radius 3 is 2.27 bits per heavy atom. The molecule has 1 unspecified atom stereocenters. The minimum absolute atomic E-state index is 0.230. The van der Waals surface area contributed by atoms with Crippen LogP contribution in [0.2, 0.25) is 0 Å². The number of benzene rings is 2. The molecular formula is C15H12F3NO3. The van der Waals surface area contributed by atoms with Crippen LogP contribution in [-0.2, 0) is 5.60 Å². The summed E-state index contributed by atoms with van der Waals surface area (Å²) in [6.07, 6.45) is -5.03. The van der Waals surface area contributed by atoms with Gasteiger partial charge < -0.3 is 5.11 Å². The van der Waals surface area contributed by atoms with Crippen molar-refractivity contribution < 1.29 is 23.2 Å². The highest BCUT2D eigenvalue weighted by Gasteiger charge is 2.57. The van der Waals surface area contributed by atoms with Gasteiger partial charge in [0, 0.05) is 23.3 Å². The van der Waals surface area contributed by atoms with Crippen LogP contribution in [0.4, 0.5) is 18.9 Å². The number of aryl methyl sites for hydroxylation is 1. The van der Waals surface area contributed by atoms with Crippen LogP contribution in [-0.4, -0.2) is 16.2 Å². The molecule has 0 heterocycles. The van der Waals surface area contributed by atoms with Gasteiger partial charge in [-0.1, -0.05) is 36.4 Å². The van der Waals surface area contributed by atoms with E-state index in [-0.39, 0.29) is 11.1 Å². The van der Waals surface area contributed by atoms with Crippen molar-refractivity contribution in [3.63, 3.8) is 0 Å². The third kappa shape index (κ3) is 2.55. The molecule has 0 aliphatic rings. The number of alkyl halides is 3. The van der Waals surface area contributed by atoms with Crippen molar-refractivity contribution in [1.82, 2.24) is 0 Å². The Labute approximate surface area is 124 Å². The van der Waals surface area contributed by atoms with Gasteiger partial charge in [-0.05, 0) is 12.5 Å². The Kier molecular flexibility index (Phi) is 3.93. The van der Waals surface area contributed by atoms with Gasteiger partial charge in [-0.3, -0.25) is 10.1 Å². The molecule has 2 aromatic carbocycles. The van der Waals surface area contributed by atoms with Crippen LogP contribution in [0.25, 0.3) is 0 Å². The van der Waals surface area contributed by atoms with Crippen LogP contribution in [0, 0.1) is 17.0 Å². The molecule has 1 atom stereocenters. The van der Waals surface area contributed by atoms with E-state index in [2.05, 4.69) is 0 Å². The molecule has 0 radical (unpaired) electrons. The van der Waals surface area contributed by atoms with E-state index in [0.717, 1.165) is 30.3 Å². The maximum atomic E-state index is 13.6. The first-order valence-corrected chi connectivity index (χ1v) is 6.28. The van der Waals surface area contributed by atoms with E-state index < -0.39 is 28.0 Å². The number of halogens is 3. The first-order valence-electron chi connectivity index (χ1n) is 6.28. The Hall–Kier alpha value is -2.41. The molecule has 0 saturated heterocycles. The van der Waals surface area contributed by atoms with Crippen LogP contribution in [0.15, 0.2) is 48.5 Å². The lowest BCUT2D eigenvalue weighted by Crippen LogP contribution is -2.43. The van der Waals surface area contributed by atoms with Crippen molar-refractivity contribution >= 4 is 5.69 Å². The van der Waals surface area contributed by atoms with Gasteiger partial charge in [0.2, 0.25) is 5.60 Å². The zero-order valence-electron chi connectivity index (χ0n) is 11.5. The molecule has 7 heteroatoms. The van der Waals surface area contributed by atoms with E-state index >= 15 is 0 Å². The number of hydrogen-bond donors (Lipinski definition) is 1. The smallest absolute Gasteiger partial charge is 0.372 e. The lowest BCUT2D eigenvalue weighted by atomic mass is 9.83. The molecule has 1 N–H and O–H groups in total. The van der Waals surface area contributed by atoms with Crippen LogP contribution < -0.4 is 0 Å². The Morgan fingerprint density at radius 1 is 1.09 bits per heavy atom. The quantitative estimate of drug-likeness (QED) is 0.694. The highest BCUT2D eigenvalue weighted by Crippen LogP contribution is 2.45. The molecule has 116 valence electrons. The average molecular weight is 311 g/mol. The highest BCUT2D eigenvalue weighted by molar-refractivity contribution is 5.46. The predicted octanol–water partition coefficient (Wildman–Crippen LogP) is 3.70. The molecule has 0 spiro atoms. The Balaban J connectivity index is 2.74. The van der Waals surface area contributed by atoms with Gasteiger partial charge in [-0.25, -0.2) is 0 Å². The van der Waals surface area contributed by atoms with Gasteiger partial charge >= 0.3 is 6.18 Å². The van der Waals surface area contributed by atoms with Crippen molar-refractivity contribution in [2.45, 2.75) is 18.7 Å². The summed E-state index contributed by atoms with van der Waals surface area (Å²) in [6.45, 7) is 1.43. The minimum atomic E-state index is -5.03. The van der Waals surface area contributed by atoms with E-state index in [1.54, 1.807) is 6.07 Å². The summed E-state index contributed by atoms with van der Waals surface area (Å²) < 4.78 is 40.7. The van der Waals surface area contributed by atoms with Crippen LogP contribution >= 0.6 is 0 Å². The average Bonchev–Trinajstić information content (AvgIpc) is 2.46. The summed E-state index contributed by atoms with van der Waals surface area (Å²) in [5.41, 5.74) is -4.56. The van der Waals surface area contributed by atoms with E-state index in [1.165, 1.54) is 19.1 Å². The van der Waals surface area contributed by atoms with Gasteiger partial charge in [0.1, 0.15) is 0 Å². The van der Waals surface area contributed by atoms with Gasteiger partial charge in [-0.2, -0.15) is 13.2 Å². The molecule has 0 saturated carbocycles. The number of nitrogens with zero attached hydrogens (tertiary/aromatic N) is 1. The molecule has 22 heavy (non-hydrogen) atoms. The van der Waals surface area contributed by atoms with Crippen molar-refractivity contribution in [2.24, 2.45) is 0 Å². The number of aliphatic hydroxyl groups is 1. The molecule has 0 fully saturated rings. The fourth-order valence-corrected chi connectivity index (χ4v) is 2.30. The monoisotopic (exact) mass is 311 g/mol. The van der Waals surface area contributed by atoms with E-state index in [9.17, 15) is 28.4 Å². The SMILES string of the molecule is Cc1ccccc1C(O)(c1cccc([N+](=O)[O-])c1)C(F)(F)F. The number of nitro benzene ring substituents is 1. The molecule has 0 bridgehead atoms. The molecule has 2 rings (SSSR count). The summed E-state index contributed by atoms with van der Waals surface area (Å²) in [5.74, 6) is 0. The summed E-state index contributed by atoms with van der Waals surface area (Å²) in [7, 11) is 0. The van der Waals surface area contributed by atoms with Gasteiger partial charge in [-0.15, -0.1) is 0 Å². The largest absolute Gasteiger partial charge is 0.425 e. The fraction of sp³-hybridized carbons (Fsp3) is 0.200. The zero-order chi connectivity index (χ0) is 16.5. The van der Waals surface area contributed by atoms with Crippen molar-refractivity contribution in [1.29, 1.82) is 0 Å². The van der Waals surface area contributed by atoms with E-state index in [1.807, 2.05) is 0 Å². The summed E-state index contributed by atoms with van der Waals surface area (Å²) in [6, 6.07) is 9.44. The van der Waals surface area contributed by atoms with Gasteiger partial charge in [0.15, 0.2) is 0 Å². The van der Waals surface area contributed by atoms with Crippen molar-refractivity contribution in [3.05, 3.63) is 75.3 Å². The molecule has 0 aromatic heterocycles. The fourth-order valence-electron chi connectivity index (χ4n) is 2.30. The van der Waals surface area contributed by atoms with Crippen LogP contribution in [0.5, 0.6) is 0 Å². The number of nitro groups is 1. The highest BCUT2D eigenvalue weighted by atomic mass is 19.4. The molecule has 0 amide bonds. The van der Waals surface area contributed by atoms with Crippen LogP contribution in [0.3, 0.4) is 0 Å². The lowest BCUT2D eigenvalue weighted by molar-refractivity contribution is -0.385. The number of hydrogen-bond acceptors (Lipinski definition) is 3. The third-order valence-corrected chi connectivity index (χ3v) is 3.42. The first-order chi connectivity index (χ1) is 10.2. The minimum Gasteiger partial charge on any atom is -0.372 e. The third-order valence-electron chi connectivity index (χ3n) is 3.42. The van der Waals surface area contributed by atoms with Crippen molar-refractivity contribution in [2.75, 3.05) is 0 Å². The second-order valence-electron chi connectivity index (χ2n) is 4.83. The lowest BCUT2D eigenvalue weighted by Gasteiger charge is -2.32. The predicted molar refractivity (Wildman–Crippen MR) is 73.3 cm³/mol. The first kappa shape index (κ1) is 16.0. The van der Waals surface area contributed by atoms with E-state index in [4.69, 9.17) is 0 Å². The maximum absolute atomic E-state index is 13.6. The van der Waals surface area contributed by atoms with E-state index in [0.29, 0.717) is 0 Å². The summed E-state index contributed by atoms with van der Waals surface area (Å²) in [5, 5.41) is 21.2. The second-order valence-corrected chi connectivity index (χ2v) is 4.83. The zero-order valence-corrected chi connectivity index (χ0v) is 11.5. The Morgan fingerprint density at radius 2 is 1.73 bits per heavy atom. The van der Waals surface area contributed by atoms with Gasteiger partial charge in [0.05, 0.1) is 4.92 Å². The molecule has 0 aliphatic heterocycles. The van der Waals surface area contributed by atoms with Crippen LogP contribution in [0.1, 0.15) is 16.7 Å². The molecule has 2 aromatic rings. The topological polar surface area (TPSA) is 63.4 Å².